The van der Waals surface area contributed by atoms with Crippen LogP contribution in [0.15, 0.2) is 72.8 Å². The number of nitrogens with one attached hydrogen (secondary N) is 2. The molecule has 0 spiro atoms. The Labute approximate surface area is 167 Å². The van der Waals surface area contributed by atoms with E-state index in [9.17, 15) is 14.0 Å². The molecule has 28 heavy (non-hydrogen) atoms. The molecule has 2 amide bonds. The number of carbonyl (C=O) groups is 2. The van der Waals surface area contributed by atoms with Crippen LogP contribution in [0.1, 0.15) is 26.3 Å². The van der Waals surface area contributed by atoms with Gasteiger partial charge in [0.25, 0.3) is 11.8 Å². The lowest BCUT2D eigenvalue weighted by Crippen LogP contribution is -2.27. The molecule has 142 valence electrons. The highest BCUT2D eigenvalue weighted by atomic mass is 35.5. The highest BCUT2D eigenvalue weighted by Crippen LogP contribution is 2.19. The molecule has 0 saturated heterocycles. The van der Waals surface area contributed by atoms with Crippen LogP contribution in [-0.2, 0) is 6.42 Å². The molecule has 0 fully saturated rings. The molecule has 3 aromatic rings. The molecule has 3 aromatic carbocycles. The van der Waals surface area contributed by atoms with Crippen LogP contribution < -0.4 is 10.6 Å². The minimum Gasteiger partial charge on any atom is -0.352 e. The van der Waals surface area contributed by atoms with Gasteiger partial charge in [-0.3, -0.25) is 9.59 Å². The molecule has 0 unspecified atom stereocenters. The molecule has 3 rings (SSSR count). The number of hydrogen-bond acceptors (Lipinski definition) is 2. The van der Waals surface area contributed by atoms with Crippen molar-refractivity contribution in [3.8, 4) is 0 Å². The smallest absolute Gasteiger partial charge is 0.258 e. The first-order chi connectivity index (χ1) is 13.5. The van der Waals surface area contributed by atoms with Gasteiger partial charge in [-0.25, -0.2) is 4.39 Å². The number of benzene rings is 3. The van der Waals surface area contributed by atoms with Gasteiger partial charge >= 0.3 is 0 Å². The lowest BCUT2D eigenvalue weighted by Gasteiger charge is -2.12. The Morgan fingerprint density at radius 3 is 2.36 bits per heavy atom. The molecular formula is C22H18ClFN2O2. The fourth-order valence-corrected chi connectivity index (χ4v) is 2.88. The maximum absolute atomic E-state index is 13.9. The summed E-state index contributed by atoms with van der Waals surface area (Å²) in [5.41, 5.74) is 1.52. The monoisotopic (exact) mass is 396 g/mol. The van der Waals surface area contributed by atoms with E-state index in [2.05, 4.69) is 10.6 Å². The number of amides is 2. The molecule has 0 atom stereocenters. The normalized spacial score (nSPS) is 10.4. The summed E-state index contributed by atoms with van der Waals surface area (Å²) in [6.45, 7) is 0.452. The first kappa shape index (κ1) is 19.6. The Balaban J connectivity index is 1.69. The van der Waals surface area contributed by atoms with Crippen LogP contribution in [0.2, 0.25) is 5.02 Å². The molecule has 4 nitrogen and oxygen atoms in total. The van der Waals surface area contributed by atoms with Gasteiger partial charge in [0.15, 0.2) is 0 Å². The second-order valence-corrected chi connectivity index (χ2v) is 6.55. The molecule has 0 bridgehead atoms. The summed E-state index contributed by atoms with van der Waals surface area (Å²) in [7, 11) is 0. The zero-order chi connectivity index (χ0) is 19.9. The molecule has 2 N–H and O–H groups in total. The number of rotatable bonds is 6. The summed E-state index contributed by atoms with van der Waals surface area (Å²) in [6.07, 6.45) is 0.689. The third-order valence-corrected chi connectivity index (χ3v) is 4.37. The Morgan fingerprint density at radius 2 is 1.57 bits per heavy atom. The van der Waals surface area contributed by atoms with Gasteiger partial charge in [0.1, 0.15) is 5.82 Å². The van der Waals surface area contributed by atoms with Crippen molar-refractivity contribution in [1.82, 2.24) is 5.32 Å². The molecular weight excluding hydrogens is 379 g/mol. The lowest BCUT2D eigenvalue weighted by molar-refractivity contribution is 0.0955. The number of hydrogen-bond donors (Lipinski definition) is 2. The van der Waals surface area contributed by atoms with Crippen molar-refractivity contribution in [2.24, 2.45) is 0 Å². The molecule has 0 aliphatic rings. The number of para-hydroxylation sites is 1. The van der Waals surface area contributed by atoms with E-state index in [0.29, 0.717) is 24.2 Å². The largest absolute Gasteiger partial charge is 0.352 e. The van der Waals surface area contributed by atoms with Gasteiger partial charge in [-0.05, 0) is 42.3 Å². The van der Waals surface area contributed by atoms with E-state index in [4.69, 9.17) is 11.6 Å². The average molecular weight is 397 g/mol. The van der Waals surface area contributed by atoms with E-state index >= 15 is 0 Å². The van der Waals surface area contributed by atoms with Crippen molar-refractivity contribution >= 4 is 29.1 Å². The fourth-order valence-electron chi connectivity index (χ4n) is 2.71. The quantitative estimate of drug-likeness (QED) is 0.634. The van der Waals surface area contributed by atoms with Crippen LogP contribution in [0.4, 0.5) is 10.1 Å². The lowest BCUT2D eigenvalue weighted by atomic mass is 10.1. The number of carbonyl (C=O) groups excluding carboxylic acids is 2. The SMILES string of the molecule is O=C(Nc1ccccc1C(=O)NCCc1ccccc1)c1cc(Cl)ccc1F. The van der Waals surface area contributed by atoms with Crippen LogP contribution >= 0.6 is 11.6 Å². The van der Waals surface area contributed by atoms with Crippen molar-refractivity contribution in [1.29, 1.82) is 0 Å². The Kier molecular flexibility index (Phi) is 6.40. The first-order valence-electron chi connectivity index (χ1n) is 8.72. The molecule has 0 aliphatic heterocycles. The predicted octanol–water partition coefficient (Wildman–Crippen LogP) is 4.70. The minimum atomic E-state index is -0.688. The standard InChI is InChI=1S/C22H18ClFN2O2/c23-16-10-11-19(24)18(14-16)22(28)26-20-9-5-4-8-17(20)21(27)25-13-12-15-6-2-1-3-7-15/h1-11,14H,12-13H2,(H,25,27)(H,26,28). The van der Waals surface area contributed by atoms with E-state index < -0.39 is 11.7 Å². The van der Waals surface area contributed by atoms with E-state index in [1.165, 1.54) is 12.1 Å². The second kappa shape index (κ2) is 9.15. The Morgan fingerprint density at radius 1 is 0.857 bits per heavy atom. The third-order valence-electron chi connectivity index (χ3n) is 4.13. The molecule has 0 aliphatic carbocycles. The zero-order valence-corrected chi connectivity index (χ0v) is 15.7. The summed E-state index contributed by atoms with van der Waals surface area (Å²) >= 11 is 5.84. The Bertz CT molecular complexity index is 993. The van der Waals surface area contributed by atoms with Crippen molar-refractivity contribution in [2.75, 3.05) is 11.9 Å². The first-order valence-corrected chi connectivity index (χ1v) is 9.10. The summed E-state index contributed by atoms with van der Waals surface area (Å²) in [6, 6.07) is 20.1. The highest BCUT2D eigenvalue weighted by molar-refractivity contribution is 6.31. The van der Waals surface area contributed by atoms with Gasteiger partial charge in [0.2, 0.25) is 0 Å². The molecule has 0 aromatic heterocycles. The van der Waals surface area contributed by atoms with Gasteiger partial charge in [-0.15, -0.1) is 0 Å². The summed E-state index contributed by atoms with van der Waals surface area (Å²) in [5, 5.41) is 5.67. The average Bonchev–Trinajstić information content (AvgIpc) is 2.71. The van der Waals surface area contributed by atoms with Gasteiger partial charge in [-0.1, -0.05) is 54.1 Å². The topological polar surface area (TPSA) is 58.2 Å². The molecule has 0 saturated carbocycles. The maximum atomic E-state index is 13.9. The maximum Gasteiger partial charge on any atom is 0.258 e. The zero-order valence-electron chi connectivity index (χ0n) is 14.9. The van der Waals surface area contributed by atoms with Crippen molar-refractivity contribution in [3.05, 3.63) is 100 Å². The Hall–Kier alpha value is -3.18. The van der Waals surface area contributed by atoms with Crippen LogP contribution in [0, 0.1) is 5.82 Å². The van der Waals surface area contributed by atoms with Gasteiger partial charge in [0.05, 0.1) is 16.8 Å². The summed E-state index contributed by atoms with van der Waals surface area (Å²) in [5.74, 6) is -1.69. The minimum absolute atomic E-state index is 0.188. The highest BCUT2D eigenvalue weighted by Gasteiger charge is 2.16. The van der Waals surface area contributed by atoms with Crippen molar-refractivity contribution in [2.45, 2.75) is 6.42 Å². The van der Waals surface area contributed by atoms with E-state index in [-0.39, 0.29) is 16.5 Å². The van der Waals surface area contributed by atoms with Gasteiger partial charge < -0.3 is 10.6 Å². The van der Waals surface area contributed by atoms with Crippen molar-refractivity contribution in [3.63, 3.8) is 0 Å². The van der Waals surface area contributed by atoms with Crippen LogP contribution in [0.5, 0.6) is 0 Å². The number of anilines is 1. The van der Waals surface area contributed by atoms with Gasteiger partial charge in [0, 0.05) is 11.6 Å². The van der Waals surface area contributed by atoms with Crippen LogP contribution in [-0.4, -0.2) is 18.4 Å². The molecule has 0 heterocycles. The fraction of sp³-hybridized carbons (Fsp3) is 0.0909. The summed E-state index contributed by atoms with van der Waals surface area (Å²) < 4.78 is 13.9. The van der Waals surface area contributed by atoms with E-state index in [1.807, 2.05) is 30.3 Å². The molecule has 0 radical (unpaired) electrons. The van der Waals surface area contributed by atoms with Crippen molar-refractivity contribution < 1.29 is 14.0 Å². The third kappa shape index (κ3) is 4.96. The summed E-state index contributed by atoms with van der Waals surface area (Å²) in [4.78, 5) is 25.0. The molecule has 6 heteroatoms. The van der Waals surface area contributed by atoms with E-state index in [1.54, 1.807) is 24.3 Å². The number of halogens is 2. The second-order valence-electron chi connectivity index (χ2n) is 6.12. The van der Waals surface area contributed by atoms with Crippen LogP contribution in [0.25, 0.3) is 0 Å². The van der Waals surface area contributed by atoms with Crippen LogP contribution in [0.3, 0.4) is 0 Å². The van der Waals surface area contributed by atoms with E-state index in [0.717, 1.165) is 11.6 Å². The van der Waals surface area contributed by atoms with Gasteiger partial charge in [-0.2, -0.15) is 0 Å². The predicted molar refractivity (Wildman–Crippen MR) is 108 cm³/mol.